The number of aryl methyl sites for hydroxylation is 1. The number of hydrogen-bond acceptors (Lipinski definition) is 6. The van der Waals surface area contributed by atoms with Gasteiger partial charge in [0.25, 0.3) is 0 Å². The molecule has 0 fully saturated rings. The van der Waals surface area contributed by atoms with E-state index in [-0.39, 0.29) is 18.5 Å². The van der Waals surface area contributed by atoms with Crippen LogP contribution in [0.2, 0.25) is 0 Å². The number of esters is 1. The molecular formula is C12H19N3O3S. The molecule has 7 heteroatoms. The van der Waals surface area contributed by atoms with E-state index < -0.39 is 5.97 Å². The van der Waals surface area contributed by atoms with Gasteiger partial charge in [-0.2, -0.15) is 4.37 Å². The fraction of sp³-hybridized carbons (Fsp3) is 0.583. The van der Waals surface area contributed by atoms with Crippen molar-refractivity contribution in [1.29, 1.82) is 0 Å². The molecule has 0 aliphatic carbocycles. The maximum Gasteiger partial charge on any atom is 0.343 e. The van der Waals surface area contributed by atoms with E-state index in [4.69, 9.17) is 4.74 Å². The second kappa shape index (κ2) is 7.08. The lowest BCUT2D eigenvalue weighted by atomic mass is 10.2. The number of amides is 1. The lowest BCUT2D eigenvalue weighted by Gasteiger charge is -2.09. The highest BCUT2D eigenvalue weighted by Gasteiger charge is 2.19. The van der Waals surface area contributed by atoms with Gasteiger partial charge in [0, 0.05) is 6.04 Å². The molecule has 0 saturated carbocycles. The number of nitrogens with zero attached hydrogens (tertiary/aromatic N) is 1. The minimum absolute atomic E-state index is 0.0852. The summed E-state index contributed by atoms with van der Waals surface area (Å²) >= 11 is 1.15. The second-order valence-corrected chi connectivity index (χ2v) is 5.04. The first-order valence-corrected chi connectivity index (χ1v) is 6.89. The zero-order valence-electron chi connectivity index (χ0n) is 11.6. The third-order valence-electron chi connectivity index (χ3n) is 2.20. The van der Waals surface area contributed by atoms with Crippen molar-refractivity contribution >= 4 is 28.4 Å². The average Bonchev–Trinajstić information content (AvgIpc) is 2.67. The summed E-state index contributed by atoms with van der Waals surface area (Å²) in [6, 6.07) is 0.0852. The predicted molar refractivity (Wildman–Crippen MR) is 74.6 cm³/mol. The van der Waals surface area contributed by atoms with Crippen LogP contribution in [0.4, 0.5) is 5.00 Å². The highest BCUT2D eigenvalue weighted by Crippen LogP contribution is 2.25. The minimum atomic E-state index is -0.416. The topological polar surface area (TPSA) is 80.3 Å². The summed E-state index contributed by atoms with van der Waals surface area (Å²) in [5, 5.41) is 6.25. The van der Waals surface area contributed by atoms with Gasteiger partial charge in [-0.05, 0) is 39.2 Å². The zero-order chi connectivity index (χ0) is 14.4. The molecule has 0 radical (unpaired) electrons. The third-order valence-corrected chi connectivity index (χ3v) is 3.10. The van der Waals surface area contributed by atoms with Gasteiger partial charge in [0.2, 0.25) is 5.91 Å². The monoisotopic (exact) mass is 285 g/mol. The summed E-state index contributed by atoms with van der Waals surface area (Å²) in [6.07, 6.45) is 0. The van der Waals surface area contributed by atoms with Gasteiger partial charge in [-0.25, -0.2) is 4.79 Å². The zero-order valence-corrected chi connectivity index (χ0v) is 12.4. The molecule has 0 aromatic carbocycles. The van der Waals surface area contributed by atoms with E-state index in [1.54, 1.807) is 13.8 Å². The van der Waals surface area contributed by atoms with Crippen LogP contribution in [0.3, 0.4) is 0 Å². The Kier molecular flexibility index (Phi) is 5.75. The largest absolute Gasteiger partial charge is 0.462 e. The molecule has 2 N–H and O–H groups in total. The van der Waals surface area contributed by atoms with Gasteiger partial charge in [0.05, 0.1) is 18.8 Å². The summed E-state index contributed by atoms with van der Waals surface area (Å²) in [5.74, 6) is -0.545. The van der Waals surface area contributed by atoms with Gasteiger partial charge in [0.1, 0.15) is 10.6 Å². The molecule has 0 aliphatic rings. The van der Waals surface area contributed by atoms with Crippen LogP contribution in [-0.2, 0) is 9.53 Å². The van der Waals surface area contributed by atoms with Crippen LogP contribution in [0.25, 0.3) is 0 Å². The number of nitrogens with one attached hydrogen (secondary N) is 2. The Labute approximate surface area is 116 Å². The number of rotatable bonds is 6. The first-order valence-electron chi connectivity index (χ1n) is 6.12. The van der Waals surface area contributed by atoms with Crippen LogP contribution < -0.4 is 10.6 Å². The van der Waals surface area contributed by atoms with E-state index in [0.717, 1.165) is 11.5 Å². The Hall–Kier alpha value is -1.63. The predicted octanol–water partition coefficient (Wildman–Crippen LogP) is 1.56. The molecule has 6 nitrogen and oxygen atoms in total. The summed E-state index contributed by atoms with van der Waals surface area (Å²) < 4.78 is 9.07. The summed E-state index contributed by atoms with van der Waals surface area (Å²) in [5.41, 5.74) is 1.01. The molecule has 0 unspecified atom stereocenters. The summed E-state index contributed by atoms with van der Waals surface area (Å²) in [7, 11) is 0. The minimum Gasteiger partial charge on any atom is -0.462 e. The highest BCUT2D eigenvalue weighted by atomic mass is 32.1. The smallest absolute Gasteiger partial charge is 0.343 e. The molecule has 1 aromatic heterocycles. The van der Waals surface area contributed by atoms with E-state index in [1.807, 2.05) is 13.8 Å². The van der Waals surface area contributed by atoms with Gasteiger partial charge in [-0.3, -0.25) is 4.79 Å². The third kappa shape index (κ3) is 4.51. The van der Waals surface area contributed by atoms with Gasteiger partial charge in [-0.15, -0.1) is 0 Å². The Bertz CT molecular complexity index is 457. The van der Waals surface area contributed by atoms with E-state index in [9.17, 15) is 9.59 Å². The highest BCUT2D eigenvalue weighted by molar-refractivity contribution is 7.10. The van der Waals surface area contributed by atoms with Crippen LogP contribution in [-0.4, -0.2) is 35.4 Å². The molecular weight excluding hydrogens is 266 g/mol. The van der Waals surface area contributed by atoms with Crippen molar-refractivity contribution in [3.8, 4) is 0 Å². The molecule has 0 aliphatic heterocycles. The molecule has 0 bridgehead atoms. The molecule has 1 amide bonds. The maximum absolute atomic E-state index is 11.8. The van der Waals surface area contributed by atoms with Gasteiger partial charge < -0.3 is 15.4 Å². The molecule has 0 saturated heterocycles. The van der Waals surface area contributed by atoms with Crippen LogP contribution >= 0.6 is 11.5 Å². The Morgan fingerprint density at radius 2 is 2.11 bits per heavy atom. The Balaban J connectivity index is 2.69. The van der Waals surface area contributed by atoms with Gasteiger partial charge >= 0.3 is 5.97 Å². The maximum atomic E-state index is 11.8. The van der Waals surface area contributed by atoms with Crippen LogP contribution in [0.15, 0.2) is 0 Å². The fourth-order valence-electron chi connectivity index (χ4n) is 1.47. The molecule has 19 heavy (non-hydrogen) atoms. The average molecular weight is 285 g/mol. The van der Waals surface area contributed by atoms with Crippen LogP contribution in [0.1, 0.15) is 36.8 Å². The first-order chi connectivity index (χ1) is 8.95. The van der Waals surface area contributed by atoms with E-state index in [1.165, 1.54) is 0 Å². The van der Waals surface area contributed by atoms with Gasteiger partial charge in [0.15, 0.2) is 0 Å². The number of hydrogen-bond donors (Lipinski definition) is 2. The first kappa shape index (κ1) is 15.4. The van der Waals surface area contributed by atoms with Crippen molar-refractivity contribution in [3.05, 3.63) is 11.3 Å². The number of ether oxygens (including phenoxy) is 1. The van der Waals surface area contributed by atoms with Crippen molar-refractivity contribution in [2.75, 3.05) is 18.5 Å². The number of carbonyl (C=O) groups is 2. The standard InChI is InChI=1S/C12H19N3O3S/c1-5-18-12(17)10-8(4)15-19-11(10)13-6-9(16)14-7(2)3/h7,13H,5-6H2,1-4H3,(H,14,16). The van der Waals surface area contributed by atoms with Crippen molar-refractivity contribution in [2.24, 2.45) is 0 Å². The quantitative estimate of drug-likeness (QED) is 0.775. The van der Waals surface area contributed by atoms with Crippen molar-refractivity contribution in [1.82, 2.24) is 9.69 Å². The van der Waals surface area contributed by atoms with Crippen LogP contribution in [0, 0.1) is 6.92 Å². The molecule has 1 rings (SSSR count). The van der Waals surface area contributed by atoms with E-state index in [0.29, 0.717) is 22.9 Å². The Morgan fingerprint density at radius 1 is 1.42 bits per heavy atom. The summed E-state index contributed by atoms with van der Waals surface area (Å²) in [6.45, 7) is 7.67. The molecule has 0 spiro atoms. The lowest BCUT2D eigenvalue weighted by molar-refractivity contribution is -0.119. The normalized spacial score (nSPS) is 10.4. The molecule has 0 atom stereocenters. The molecule has 1 aromatic rings. The SMILES string of the molecule is CCOC(=O)c1c(C)nsc1NCC(=O)NC(C)C. The molecule has 1 heterocycles. The number of aromatic nitrogens is 1. The Morgan fingerprint density at radius 3 is 2.68 bits per heavy atom. The second-order valence-electron chi connectivity index (χ2n) is 4.27. The van der Waals surface area contributed by atoms with E-state index >= 15 is 0 Å². The van der Waals surface area contributed by atoms with Crippen molar-refractivity contribution in [2.45, 2.75) is 33.7 Å². The molecule has 106 valence electrons. The summed E-state index contributed by atoms with van der Waals surface area (Å²) in [4.78, 5) is 23.3. The lowest BCUT2D eigenvalue weighted by Crippen LogP contribution is -2.34. The van der Waals surface area contributed by atoms with Crippen molar-refractivity contribution < 1.29 is 14.3 Å². The fourth-order valence-corrected chi connectivity index (χ4v) is 2.25. The number of anilines is 1. The van der Waals surface area contributed by atoms with Crippen molar-refractivity contribution in [3.63, 3.8) is 0 Å². The number of carbonyl (C=O) groups excluding carboxylic acids is 2. The van der Waals surface area contributed by atoms with E-state index in [2.05, 4.69) is 15.0 Å². The van der Waals surface area contributed by atoms with Gasteiger partial charge in [-0.1, -0.05) is 0 Å². The van der Waals surface area contributed by atoms with Crippen LogP contribution in [0.5, 0.6) is 0 Å².